The number of nitrogens with two attached hydrogens (primary N) is 1. The maximum atomic E-state index is 5.74. The lowest BCUT2D eigenvalue weighted by molar-refractivity contribution is 0.285. The van der Waals surface area contributed by atoms with Gasteiger partial charge in [-0.15, -0.1) is 0 Å². The molecule has 1 aliphatic carbocycles. The number of aromatic nitrogens is 2. The molecule has 3 N–H and O–H groups in total. The van der Waals surface area contributed by atoms with E-state index in [1.165, 1.54) is 12.8 Å². The Kier molecular flexibility index (Phi) is 3.78. The number of hydrazine groups is 1. The monoisotopic (exact) mass is 236 g/mol. The van der Waals surface area contributed by atoms with Crippen molar-refractivity contribution in [3.05, 3.63) is 11.4 Å². The van der Waals surface area contributed by atoms with E-state index in [1.807, 2.05) is 6.92 Å². The molecule has 5 nitrogen and oxygen atoms in total. The molecule has 0 radical (unpaired) electrons. The third-order valence-corrected chi connectivity index (χ3v) is 2.91. The Morgan fingerprint density at radius 3 is 2.76 bits per heavy atom. The molecule has 1 aromatic rings. The first-order valence-corrected chi connectivity index (χ1v) is 6.21. The standard InChI is InChI=1S/C12H20N4O/c1-3-4-10-14-11(16-13)8(2)12(15-10)17-7-9-5-6-9/h9H,3-7,13H2,1-2H3,(H,14,15,16). The van der Waals surface area contributed by atoms with E-state index in [9.17, 15) is 0 Å². The van der Waals surface area contributed by atoms with Gasteiger partial charge in [0.1, 0.15) is 11.6 Å². The zero-order valence-corrected chi connectivity index (χ0v) is 10.5. The molecule has 94 valence electrons. The summed E-state index contributed by atoms with van der Waals surface area (Å²) in [6, 6.07) is 0. The third kappa shape index (κ3) is 3.06. The first kappa shape index (κ1) is 12.1. The van der Waals surface area contributed by atoms with Gasteiger partial charge in [-0.25, -0.2) is 10.8 Å². The molecule has 5 heteroatoms. The van der Waals surface area contributed by atoms with Crippen LogP contribution in [0.2, 0.25) is 0 Å². The van der Waals surface area contributed by atoms with E-state index in [-0.39, 0.29) is 0 Å². The fourth-order valence-corrected chi connectivity index (χ4v) is 1.64. The molecule has 0 saturated heterocycles. The van der Waals surface area contributed by atoms with E-state index in [4.69, 9.17) is 10.6 Å². The summed E-state index contributed by atoms with van der Waals surface area (Å²) in [6.07, 6.45) is 4.39. The van der Waals surface area contributed by atoms with Crippen molar-refractivity contribution in [1.82, 2.24) is 9.97 Å². The highest BCUT2D eigenvalue weighted by Crippen LogP contribution is 2.30. The molecule has 0 aliphatic heterocycles. The topological polar surface area (TPSA) is 73.1 Å². The normalized spacial score (nSPS) is 14.8. The van der Waals surface area contributed by atoms with Gasteiger partial charge in [-0.05, 0) is 32.1 Å². The van der Waals surface area contributed by atoms with E-state index in [2.05, 4.69) is 22.3 Å². The summed E-state index contributed by atoms with van der Waals surface area (Å²) in [5.41, 5.74) is 3.49. The Morgan fingerprint density at radius 1 is 1.41 bits per heavy atom. The summed E-state index contributed by atoms with van der Waals surface area (Å²) < 4.78 is 5.74. The Morgan fingerprint density at radius 2 is 2.18 bits per heavy atom. The maximum absolute atomic E-state index is 5.74. The molecule has 1 aliphatic rings. The second-order valence-electron chi connectivity index (χ2n) is 4.57. The van der Waals surface area contributed by atoms with Gasteiger partial charge in [-0.3, -0.25) is 0 Å². The van der Waals surface area contributed by atoms with Crippen LogP contribution in [0.25, 0.3) is 0 Å². The van der Waals surface area contributed by atoms with Crippen LogP contribution in [0.4, 0.5) is 5.82 Å². The molecular formula is C12H20N4O. The summed E-state index contributed by atoms with van der Waals surface area (Å²) >= 11 is 0. The van der Waals surface area contributed by atoms with Crippen LogP contribution in [0.1, 0.15) is 37.6 Å². The van der Waals surface area contributed by atoms with Gasteiger partial charge in [0.25, 0.3) is 0 Å². The van der Waals surface area contributed by atoms with Crippen molar-refractivity contribution >= 4 is 5.82 Å². The van der Waals surface area contributed by atoms with Crippen LogP contribution in [0, 0.1) is 12.8 Å². The van der Waals surface area contributed by atoms with E-state index in [1.54, 1.807) is 0 Å². The molecular weight excluding hydrogens is 216 g/mol. The molecule has 0 amide bonds. The van der Waals surface area contributed by atoms with Crippen LogP contribution in [0.5, 0.6) is 5.88 Å². The average Bonchev–Trinajstić information content (AvgIpc) is 3.13. The van der Waals surface area contributed by atoms with Gasteiger partial charge in [-0.2, -0.15) is 4.98 Å². The second-order valence-corrected chi connectivity index (χ2v) is 4.57. The van der Waals surface area contributed by atoms with Gasteiger partial charge < -0.3 is 10.2 Å². The summed E-state index contributed by atoms with van der Waals surface area (Å²) in [5, 5.41) is 0. The Balaban J connectivity index is 2.16. The molecule has 2 rings (SSSR count). The van der Waals surface area contributed by atoms with E-state index in [0.29, 0.717) is 17.6 Å². The van der Waals surface area contributed by atoms with Gasteiger partial charge in [0.15, 0.2) is 0 Å². The van der Waals surface area contributed by atoms with Gasteiger partial charge in [-0.1, -0.05) is 6.92 Å². The van der Waals surface area contributed by atoms with Crippen molar-refractivity contribution in [2.45, 2.75) is 39.5 Å². The number of ether oxygens (including phenoxy) is 1. The summed E-state index contributed by atoms with van der Waals surface area (Å²) in [4.78, 5) is 8.80. The summed E-state index contributed by atoms with van der Waals surface area (Å²) in [7, 11) is 0. The van der Waals surface area contributed by atoms with E-state index < -0.39 is 0 Å². The third-order valence-electron chi connectivity index (χ3n) is 2.91. The van der Waals surface area contributed by atoms with Gasteiger partial charge >= 0.3 is 0 Å². The number of hydrogen-bond donors (Lipinski definition) is 2. The molecule has 17 heavy (non-hydrogen) atoms. The molecule has 0 unspecified atom stereocenters. The molecule has 0 atom stereocenters. The average molecular weight is 236 g/mol. The minimum absolute atomic E-state index is 0.661. The number of rotatable bonds is 6. The van der Waals surface area contributed by atoms with Crippen LogP contribution >= 0.6 is 0 Å². The number of anilines is 1. The Bertz CT molecular complexity index is 390. The van der Waals surface area contributed by atoms with Crippen LogP contribution in [-0.2, 0) is 6.42 Å². The molecule has 1 aromatic heterocycles. The van der Waals surface area contributed by atoms with Gasteiger partial charge in [0, 0.05) is 6.42 Å². The van der Waals surface area contributed by atoms with Crippen LogP contribution < -0.4 is 16.0 Å². The number of aryl methyl sites for hydroxylation is 1. The predicted molar refractivity (Wildman–Crippen MR) is 66.8 cm³/mol. The van der Waals surface area contributed by atoms with Crippen molar-refractivity contribution in [2.75, 3.05) is 12.0 Å². The molecule has 1 fully saturated rings. The number of hydrogen-bond acceptors (Lipinski definition) is 5. The number of nitrogen functional groups attached to an aromatic ring is 1. The zero-order chi connectivity index (χ0) is 12.3. The highest BCUT2D eigenvalue weighted by Gasteiger charge is 2.23. The van der Waals surface area contributed by atoms with Crippen LogP contribution in [0.3, 0.4) is 0 Å². The lowest BCUT2D eigenvalue weighted by Crippen LogP contribution is -2.14. The van der Waals surface area contributed by atoms with Crippen molar-refractivity contribution in [2.24, 2.45) is 11.8 Å². The smallest absolute Gasteiger partial charge is 0.221 e. The molecule has 0 spiro atoms. The minimum atomic E-state index is 0.661. The first-order valence-electron chi connectivity index (χ1n) is 6.21. The highest BCUT2D eigenvalue weighted by atomic mass is 16.5. The summed E-state index contributed by atoms with van der Waals surface area (Å²) in [6.45, 7) is 4.78. The second kappa shape index (κ2) is 5.31. The Labute approximate surface area is 102 Å². The fraction of sp³-hybridized carbons (Fsp3) is 0.667. The van der Waals surface area contributed by atoms with Crippen molar-refractivity contribution in [3.63, 3.8) is 0 Å². The lowest BCUT2D eigenvalue weighted by Gasteiger charge is -2.12. The van der Waals surface area contributed by atoms with Crippen molar-refractivity contribution < 1.29 is 4.74 Å². The van der Waals surface area contributed by atoms with Gasteiger partial charge in [0.05, 0.1) is 12.2 Å². The van der Waals surface area contributed by atoms with E-state index in [0.717, 1.165) is 30.8 Å². The lowest BCUT2D eigenvalue weighted by atomic mass is 10.3. The van der Waals surface area contributed by atoms with Crippen LogP contribution in [-0.4, -0.2) is 16.6 Å². The fourth-order valence-electron chi connectivity index (χ4n) is 1.64. The molecule has 0 bridgehead atoms. The SMILES string of the molecule is CCCc1nc(NN)c(C)c(OCC2CC2)n1. The van der Waals surface area contributed by atoms with Crippen molar-refractivity contribution in [1.29, 1.82) is 0 Å². The predicted octanol–water partition coefficient (Wildman–Crippen LogP) is 1.81. The first-order chi connectivity index (χ1) is 8.24. The van der Waals surface area contributed by atoms with Crippen LogP contribution in [0.15, 0.2) is 0 Å². The molecule has 1 saturated carbocycles. The van der Waals surface area contributed by atoms with Gasteiger partial charge in [0.2, 0.25) is 5.88 Å². The van der Waals surface area contributed by atoms with E-state index >= 15 is 0 Å². The largest absolute Gasteiger partial charge is 0.477 e. The summed E-state index contributed by atoms with van der Waals surface area (Å²) in [5.74, 6) is 8.29. The van der Waals surface area contributed by atoms with Crippen molar-refractivity contribution in [3.8, 4) is 5.88 Å². The number of nitrogens with one attached hydrogen (secondary N) is 1. The maximum Gasteiger partial charge on any atom is 0.221 e. The number of nitrogens with zero attached hydrogens (tertiary/aromatic N) is 2. The minimum Gasteiger partial charge on any atom is -0.477 e. The highest BCUT2D eigenvalue weighted by molar-refractivity contribution is 5.47. The molecule has 1 heterocycles. The Hall–Kier alpha value is -1.36. The quantitative estimate of drug-likeness (QED) is 0.582. The zero-order valence-electron chi connectivity index (χ0n) is 10.5. The molecule has 0 aromatic carbocycles.